The third kappa shape index (κ3) is 4.29. The van der Waals surface area contributed by atoms with Crippen molar-refractivity contribution in [3.63, 3.8) is 0 Å². The van der Waals surface area contributed by atoms with Crippen LogP contribution in [-0.4, -0.2) is 19.4 Å². The first kappa shape index (κ1) is 21.0. The van der Waals surface area contributed by atoms with Crippen molar-refractivity contribution in [3.05, 3.63) is 83.4 Å². The quantitative estimate of drug-likeness (QED) is 0.609. The van der Waals surface area contributed by atoms with Gasteiger partial charge in [-0.2, -0.15) is 0 Å². The van der Waals surface area contributed by atoms with Crippen LogP contribution in [0.2, 0.25) is 0 Å². The second-order valence-electron chi connectivity index (χ2n) is 7.48. The van der Waals surface area contributed by atoms with Crippen LogP contribution in [0.3, 0.4) is 0 Å². The molecule has 2 amide bonds. The Bertz CT molecular complexity index is 1220. The van der Waals surface area contributed by atoms with Crippen LogP contribution in [0.4, 0.5) is 14.9 Å². The molecule has 0 aliphatic heterocycles. The number of amides is 2. The molecule has 1 heterocycles. The summed E-state index contributed by atoms with van der Waals surface area (Å²) in [4.78, 5) is 16.7. The zero-order chi connectivity index (χ0) is 22.0. The number of carbonyl (C=O) groups is 1. The van der Waals surface area contributed by atoms with Crippen LogP contribution < -0.4 is 10.0 Å². The molecule has 0 radical (unpaired) electrons. The lowest BCUT2D eigenvalue weighted by molar-refractivity contribution is 0.256. The SMILES string of the molecule is CC(c1ccccc1)S(=O)(=O)NC(=O)Nc1c(-c2ccncc2)cc(F)c2c1CCC2. The Hall–Kier alpha value is -3.26. The van der Waals surface area contributed by atoms with E-state index in [4.69, 9.17) is 0 Å². The number of sulfonamides is 1. The van der Waals surface area contributed by atoms with E-state index < -0.39 is 21.3 Å². The Labute approximate surface area is 180 Å². The number of nitrogens with one attached hydrogen (secondary N) is 2. The number of rotatable bonds is 5. The van der Waals surface area contributed by atoms with E-state index in [1.54, 1.807) is 54.9 Å². The van der Waals surface area contributed by atoms with Crippen LogP contribution >= 0.6 is 0 Å². The molecule has 1 atom stereocenters. The molecule has 1 aliphatic carbocycles. The molecule has 1 aliphatic rings. The van der Waals surface area contributed by atoms with E-state index in [1.807, 2.05) is 0 Å². The summed E-state index contributed by atoms with van der Waals surface area (Å²) in [6.45, 7) is 1.52. The maximum absolute atomic E-state index is 14.7. The van der Waals surface area contributed by atoms with Crippen molar-refractivity contribution < 1.29 is 17.6 Å². The Balaban J connectivity index is 1.65. The molecule has 4 rings (SSSR count). The van der Waals surface area contributed by atoms with Crippen LogP contribution in [0.15, 0.2) is 60.9 Å². The summed E-state index contributed by atoms with van der Waals surface area (Å²) < 4.78 is 42.3. The Morgan fingerprint density at radius 2 is 1.74 bits per heavy atom. The molecule has 160 valence electrons. The molecular formula is C23H22FN3O3S. The first-order chi connectivity index (χ1) is 14.9. The van der Waals surface area contributed by atoms with Gasteiger partial charge in [-0.3, -0.25) is 4.98 Å². The van der Waals surface area contributed by atoms with Crippen LogP contribution in [0, 0.1) is 5.82 Å². The highest BCUT2D eigenvalue weighted by atomic mass is 32.2. The van der Waals surface area contributed by atoms with E-state index >= 15 is 0 Å². The van der Waals surface area contributed by atoms with E-state index in [1.165, 1.54) is 13.0 Å². The van der Waals surface area contributed by atoms with Crippen molar-refractivity contribution in [1.82, 2.24) is 9.71 Å². The van der Waals surface area contributed by atoms with Gasteiger partial charge in [0.2, 0.25) is 10.0 Å². The number of benzene rings is 2. The number of pyridine rings is 1. The number of anilines is 1. The summed E-state index contributed by atoms with van der Waals surface area (Å²) >= 11 is 0. The molecule has 0 saturated carbocycles. The van der Waals surface area contributed by atoms with Gasteiger partial charge in [-0.15, -0.1) is 0 Å². The minimum absolute atomic E-state index is 0.324. The fourth-order valence-electron chi connectivity index (χ4n) is 3.89. The third-order valence-electron chi connectivity index (χ3n) is 5.55. The highest BCUT2D eigenvalue weighted by Gasteiger charge is 2.27. The van der Waals surface area contributed by atoms with E-state index in [9.17, 15) is 17.6 Å². The van der Waals surface area contributed by atoms with Gasteiger partial charge in [-0.1, -0.05) is 30.3 Å². The molecule has 3 aromatic rings. The molecule has 0 spiro atoms. The molecule has 0 bridgehead atoms. The van der Waals surface area contributed by atoms with Crippen molar-refractivity contribution in [2.24, 2.45) is 0 Å². The molecule has 8 heteroatoms. The van der Waals surface area contributed by atoms with Crippen LogP contribution in [0.5, 0.6) is 0 Å². The number of fused-ring (bicyclic) bond motifs is 1. The smallest absolute Gasteiger partial charge is 0.306 e. The fourth-order valence-corrected chi connectivity index (χ4v) is 4.90. The number of aromatic nitrogens is 1. The average molecular weight is 440 g/mol. The molecular weight excluding hydrogens is 417 g/mol. The molecule has 1 unspecified atom stereocenters. The summed E-state index contributed by atoms with van der Waals surface area (Å²) in [5, 5.41) is 1.76. The van der Waals surface area contributed by atoms with Crippen molar-refractivity contribution in [2.75, 3.05) is 5.32 Å². The standard InChI is InChI=1S/C23H22FN3O3S/c1-15(16-6-3-2-4-7-16)31(29,30)27-23(28)26-22-19-9-5-8-18(19)21(24)14-20(22)17-10-12-25-13-11-17/h2-4,6-7,10-15H,5,8-9H2,1H3,(H2,26,27,28). The summed E-state index contributed by atoms with van der Waals surface area (Å²) in [5.74, 6) is -0.324. The lowest BCUT2D eigenvalue weighted by atomic mass is 9.97. The second-order valence-corrected chi connectivity index (χ2v) is 9.48. The highest BCUT2D eigenvalue weighted by Crippen LogP contribution is 2.39. The lowest BCUT2D eigenvalue weighted by Gasteiger charge is -2.19. The lowest BCUT2D eigenvalue weighted by Crippen LogP contribution is -2.37. The highest BCUT2D eigenvalue weighted by molar-refractivity contribution is 7.90. The molecule has 1 aromatic heterocycles. The normalized spacial score (nSPS) is 14.0. The predicted molar refractivity (Wildman–Crippen MR) is 118 cm³/mol. The number of halogens is 1. The Kier molecular flexibility index (Phi) is 5.73. The fraction of sp³-hybridized carbons (Fsp3) is 0.217. The maximum Gasteiger partial charge on any atom is 0.332 e. The maximum atomic E-state index is 14.7. The third-order valence-corrected chi connectivity index (χ3v) is 7.22. The van der Waals surface area contributed by atoms with Crippen LogP contribution in [0.25, 0.3) is 11.1 Å². The zero-order valence-corrected chi connectivity index (χ0v) is 17.7. The first-order valence-corrected chi connectivity index (χ1v) is 11.5. The van der Waals surface area contributed by atoms with E-state index in [-0.39, 0.29) is 5.82 Å². The van der Waals surface area contributed by atoms with Gasteiger partial charge < -0.3 is 5.32 Å². The monoisotopic (exact) mass is 439 g/mol. The summed E-state index contributed by atoms with van der Waals surface area (Å²) in [7, 11) is -3.98. The summed E-state index contributed by atoms with van der Waals surface area (Å²) in [6, 6.07) is 12.6. The summed E-state index contributed by atoms with van der Waals surface area (Å²) in [5.41, 5.74) is 3.44. The van der Waals surface area contributed by atoms with Crippen molar-refractivity contribution in [2.45, 2.75) is 31.4 Å². The molecule has 2 aromatic carbocycles. The van der Waals surface area contributed by atoms with Gasteiger partial charge in [0.25, 0.3) is 0 Å². The van der Waals surface area contributed by atoms with Crippen molar-refractivity contribution in [1.29, 1.82) is 0 Å². The van der Waals surface area contributed by atoms with Gasteiger partial charge in [0.1, 0.15) is 11.1 Å². The van der Waals surface area contributed by atoms with Crippen molar-refractivity contribution >= 4 is 21.7 Å². The van der Waals surface area contributed by atoms with Gasteiger partial charge in [0.05, 0.1) is 5.69 Å². The van der Waals surface area contributed by atoms with Crippen LogP contribution in [0.1, 0.15) is 35.3 Å². The van der Waals surface area contributed by atoms with E-state index in [2.05, 4.69) is 15.0 Å². The van der Waals surface area contributed by atoms with Crippen LogP contribution in [-0.2, 0) is 22.9 Å². The van der Waals surface area contributed by atoms with E-state index in [0.29, 0.717) is 46.3 Å². The predicted octanol–water partition coefficient (Wildman–Crippen LogP) is 4.59. The molecule has 6 nitrogen and oxygen atoms in total. The number of hydrogen-bond acceptors (Lipinski definition) is 4. The number of nitrogens with zero attached hydrogens (tertiary/aromatic N) is 1. The average Bonchev–Trinajstić information content (AvgIpc) is 3.27. The minimum Gasteiger partial charge on any atom is -0.306 e. The molecule has 2 N–H and O–H groups in total. The second kappa shape index (κ2) is 8.47. The van der Waals surface area contributed by atoms with Gasteiger partial charge in [0.15, 0.2) is 0 Å². The molecule has 31 heavy (non-hydrogen) atoms. The first-order valence-electron chi connectivity index (χ1n) is 9.99. The summed E-state index contributed by atoms with van der Waals surface area (Å²) in [6.07, 6.45) is 5.11. The Morgan fingerprint density at radius 3 is 2.45 bits per heavy atom. The largest absolute Gasteiger partial charge is 0.332 e. The topological polar surface area (TPSA) is 88.2 Å². The van der Waals surface area contributed by atoms with Crippen molar-refractivity contribution in [3.8, 4) is 11.1 Å². The minimum atomic E-state index is -3.98. The Morgan fingerprint density at radius 1 is 1.06 bits per heavy atom. The number of urea groups is 1. The molecule has 0 fully saturated rings. The van der Waals surface area contributed by atoms with Gasteiger partial charge >= 0.3 is 6.03 Å². The van der Waals surface area contributed by atoms with E-state index in [0.717, 1.165) is 6.42 Å². The number of carbonyl (C=O) groups excluding carboxylic acids is 1. The van der Waals surface area contributed by atoms with Gasteiger partial charge in [0, 0.05) is 18.0 Å². The number of hydrogen-bond donors (Lipinski definition) is 2. The zero-order valence-electron chi connectivity index (χ0n) is 16.9. The van der Waals surface area contributed by atoms with Gasteiger partial charge in [-0.25, -0.2) is 22.3 Å². The van der Waals surface area contributed by atoms with Gasteiger partial charge in [-0.05, 0) is 66.6 Å². The molecule has 0 saturated heterocycles.